The molecule has 0 aliphatic rings. The Morgan fingerprint density at radius 2 is 1.67 bits per heavy atom. The highest BCUT2D eigenvalue weighted by Gasteiger charge is 2.19. The summed E-state index contributed by atoms with van der Waals surface area (Å²) in [5.74, 6) is 0.431. The van der Waals surface area contributed by atoms with Crippen LogP contribution in [0.2, 0.25) is 0 Å². The van der Waals surface area contributed by atoms with Gasteiger partial charge in [0.1, 0.15) is 5.75 Å². The summed E-state index contributed by atoms with van der Waals surface area (Å²) in [6.45, 7) is 11.2. The Bertz CT molecular complexity index is 869. The van der Waals surface area contributed by atoms with E-state index < -0.39 is 6.10 Å². The second kappa shape index (κ2) is 11.2. The van der Waals surface area contributed by atoms with E-state index in [0.29, 0.717) is 17.0 Å². The third kappa shape index (κ3) is 6.33. The number of nitrogens with zero attached hydrogens (tertiary/aromatic N) is 1. The molecule has 0 aliphatic carbocycles. The van der Waals surface area contributed by atoms with Crippen LogP contribution in [0.25, 0.3) is 0 Å². The molecule has 0 radical (unpaired) electrons. The SMILES string of the molecule is CCCN(CCC)C(=O)c1cccc(NC(=O)C(C)Oc2c(C)cc(Br)cc2C)c1. The Morgan fingerprint density at radius 3 is 2.23 bits per heavy atom. The van der Waals surface area contributed by atoms with Gasteiger partial charge in [0.25, 0.3) is 11.8 Å². The zero-order valence-electron chi connectivity index (χ0n) is 18.4. The van der Waals surface area contributed by atoms with Gasteiger partial charge in [0.2, 0.25) is 0 Å². The number of amides is 2. The van der Waals surface area contributed by atoms with Crippen LogP contribution in [0.3, 0.4) is 0 Å². The predicted octanol–water partition coefficient (Wildman–Crippen LogP) is 5.73. The van der Waals surface area contributed by atoms with Crippen LogP contribution in [0.4, 0.5) is 5.69 Å². The lowest BCUT2D eigenvalue weighted by Gasteiger charge is -2.22. The van der Waals surface area contributed by atoms with Gasteiger partial charge in [-0.15, -0.1) is 0 Å². The molecule has 2 rings (SSSR count). The standard InChI is InChI=1S/C24H31BrN2O3/c1-6-11-27(12-7-2)24(29)19-9-8-10-21(15-19)26-23(28)18(5)30-22-16(3)13-20(25)14-17(22)4/h8-10,13-15,18H,6-7,11-12H2,1-5H3,(H,26,28). The Balaban J connectivity index is 2.10. The molecule has 0 saturated carbocycles. The molecule has 1 unspecified atom stereocenters. The second-order valence-corrected chi connectivity index (χ2v) is 8.41. The fourth-order valence-electron chi connectivity index (χ4n) is 3.32. The number of carbonyl (C=O) groups is 2. The molecule has 0 saturated heterocycles. The van der Waals surface area contributed by atoms with Crippen molar-refractivity contribution in [1.82, 2.24) is 4.90 Å². The zero-order valence-corrected chi connectivity index (χ0v) is 20.0. The number of hydrogen-bond acceptors (Lipinski definition) is 3. The molecule has 0 fully saturated rings. The van der Waals surface area contributed by atoms with Crippen LogP contribution >= 0.6 is 15.9 Å². The number of anilines is 1. The summed E-state index contributed by atoms with van der Waals surface area (Å²) in [5, 5.41) is 2.87. The summed E-state index contributed by atoms with van der Waals surface area (Å²) in [5.41, 5.74) is 3.07. The van der Waals surface area contributed by atoms with Gasteiger partial charge in [-0.05, 0) is 75.1 Å². The average molecular weight is 475 g/mol. The second-order valence-electron chi connectivity index (χ2n) is 7.49. The lowest BCUT2D eigenvalue weighted by Crippen LogP contribution is -2.33. The lowest BCUT2D eigenvalue weighted by atomic mass is 10.1. The van der Waals surface area contributed by atoms with Gasteiger partial charge >= 0.3 is 0 Å². The monoisotopic (exact) mass is 474 g/mol. The third-order valence-corrected chi connectivity index (χ3v) is 5.20. The predicted molar refractivity (Wildman–Crippen MR) is 125 cm³/mol. The van der Waals surface area contributed by atoms with Gasteiger partial charge in [0.15, 0.2) is 6.10 Å². The van der Waals surface area contributed by atoms with Gasteiger partial charge in [0.05, 0.1) is 0 Å². The minimum absolute atomic E-state index is 0.0137. The van der Waals surface area contributed by atoms with Crippen molar-refractivity contribution in [3.63, 3.8) is 0 Å². The largest absolute Gasteiger partial charge is 0.480 e. The Hall–Kier alpha value is -2.34. The maximum atomic E-state index is 12.8. The number of nitrogens with one attached hydrogen (secondary N) is 1. The fourth-order valence-corrected chi connectivity index (χ4v) is 4.01. The van der Waals surface area contributed by atoms with E-state index >= 15 is 0 Å². The Labute approximate surface area is 187 Å². The van der Waals surface area contributed by atoms with Crippen LogP contribution in [0.1, 0.15) is 55.1 Å². The minimum Gasteiger partial charge on any atom is -0.480 e. The van der Waals surface area contributed by atoms with Gasteiger partial charge in [-0.2, -0.15) is 0 Å². The summed E-state index contributed by atoms with van der Waals surface area (Å²) < 4.78 is 6.91. The van der Waals surface area contributed by atoms with Gasteiger partial charge in [0, 0.05) is 28.8 Å². The highest BCUT2D eigenvalue weighted by molar-refractivity contribution is 9.10. The van der Waals surface area contributed by atoms with E-state index in [4.69, 9.17) is 4.74 Å². The summed E-state index contributed by atoms with van der Waals surface area (Å²) in [4.78, 5) is 27.4. The fraction of sp³-hybridized carbons (Fsp3) is 0.417. The summed E-state index contributed by atoms with van der Waals surface area (Å²) in [6.07, 6.45) is 1.14. The van der Waals surface area contributed by atoms with Crippen molar-refractivity contribution < 1.29 is 14.3 Å². The van der Waals surface area contributed by atoms with Gasteiger partial charge in [-0.1, -0.05) is 35.8 Å². The Morgan fingerprint density at radius 1 is 1.07 bits per heavy atom. The van der Waals surface area contributed by atoms with Crippen LogP contribution in [0.5, 0.6) is 5.75 Å². The highest BCUT2D eigenvalue weighted by Crippen LogP contribution is 2.28. The quantitative estimate of drug-likeness (QED) is 0.504. The number of halogens is 1. The molecular weight excluding hydrogens is 444 g/mol. The van der Waals surface area contributed by atoms with E-state index in [1.165, 1.54) is 0 Å². The topological polar surface area (TPSA) is 58.6 Å². The maximum absolute atomic E-state index is 12.8. The molecule has 0 aliphatic heterocycles. The zero-order chi connectivity index (χ0) is 22.3. The normalized spacial score (nSPS) is 11.7. The summed E-state index contributed by atoms with van der Waals surface area (Å²) in [6, 6.07) is 11.0. The van der Waals surface area contributed by atoms with Crippen molar-refractivity contribution in [2.75, 3.05) is 18.4 Å². The van der Waals surface area contributed by atoms with Crippen LogP contribution < -0.4 is 10.1 Å². The number of rotatable bonds is 9. The van der Waals surface area contributed by atoms with Crippen LogP contribution in [0.15, 0.2) is 40.9 Å². The van der Waals surface area contributed by atoms with E-state index in [-0.39, 0.29) is 11.8 Å². The number of aryl methyl sites for hydroxylation is 2. The lowest BCUT2D eigenvalue weighted by molar-refractivity contribution is -0.122. The van der Waals surface area contributed by atoms with Gasteiger partial charge < -0.3 is 15.0 Å². The van der Waals surface area contributed by atoms with E-state index in [1.807, 2.05) is 30.9 Å². The van der Waals surface area contributed by atoms with Crippen molar-refractivity contribution in [3.8, 4) is 5.75 Å². The number of carbonyl (C=O) groups excluding carboxylic acids is 2. The van der Waals surface area contributed by atoms with E-state index in [0.717, 1.165) is 41.5 Å². The smallest absolute Gasteiger partial charge is 0.265 e. The molecule has 162 valence electrons. The van der Waals surface area contributed by atoms with Gasteiger partial charge in [-0.25, -0.2) is 0 Å². The van der Waals surface area contributed by atoms with E-state index in [1.54, 1.807) is 31.2 Å². The molecule has 0 aromatic heterocycles. The molecule has 0 bridgehead atoms. The first kappa shape index (κ1) is 23.9. The van der Waals surface area contributed by atoms with Crippen molar-refractivity contribution in [3.05, 3.63) is 57.6 Å². The van der Waals surface area contributed by atoms with E-state index in [2.05, 4.69) is 35.1 Å². The summed E-state index contributed by atoms with van der Waals surface area (Å²) >= 11 is 3.47. The number of hydrogen-bond donors (Lipinski definition) is 1. The molecule has 1 N–H and O–H groups in total. The molecular formula is C24H31BrN2O3. The average Bonchev–Trinajstić information content (AvgIpc) is 2.70. The molecule has 2 aromatic carbocycles. The molecule has 5 nitrogen and oxygen atoms in total. The molecule has 1 atom stereocenters. The Kier molecular flexibility index (Phi) is 8.90. The molecule has 30 heavy (non-hydrogen) atoms. The minimum atomic E-state index is -0.681. The molecule has 6 heteroatoms. The van der Waals surface area contributed by atoms with Crippen LogP contribution in [-0.2, 0) is 4.79 Å². The third-order valence-electron chi connectivity index (χ3n) is 4.74. The molecule has 2 aromatic rings. The number of benzene rings is 2. The van der Waals surface area contributed by atoms with Gasteiger partial charge in [-0.3, -0.25) is 9.59 Å². The van der Waals surface area contributed by atoms with Crippen LogP contribution in [-0.4, -0.2) is 35.9 Å². The molecule has 0 heterocycles. The first-order valence-corrected chi connectivity index (χ1v) is 11.2. The van der Waals surface area contributed by atoms with Crippen molar-refractivity contribution in [2.45, 2.75) is 53.6 Å². The first-order valence-electron chi connectivity index (χ1n) is 10.4. The van der Waals surface area contributed by atoms with Crippen LogP contribution in [0, 0.1) is 13.8 Å². The van der Waals surface area contributed by atoms with Crippen molar-refractivity contribution in [2.24, 2.45) is 0 Å². The highest BCUT2D eigenvalue weighted by atomic mass is 79.9. The summed E-state index contributed by atoms with van der Waals surface area (Å²) in [7, 11) is 0. The first-order chi connectivity index (χ1) is 14.3. The van der Waals surface area contributed by atoms with Crippen molar-refractivity contribution in [1.29, 1.82) is 0 Å². The maximum Gasteiger partial charge on any atom is 0.265 e. The van der Waals surface area contributed by atoms with Crippen molar-refractivity contribution >= 4 is 33.4 Å². The van der Waals surface area contributed by atoms with E-state index in [9.17, 15) is 9.59 Å². The molecule has 2 amide bonds. The molecule has 0 spiro atoms. The number of ether oxygens (including phenoxy) is 1.